The molecule has 5 aliphatic heterocycles. The number of benzene rings is 4. The molecule has 0 bridgehead atoms. The minimum atomic E-state index is -3.35. The van der Waals surface area contributed by atoms with E-state index in [-0.39, 0.29) is 81.7 Å². The van der Waals surface area contributed by atoms with Crippen molar-refractivity contribution in [2.45, 2.75) is 50.6 Å². The van der Waals surface area contributed by atoms with Crippen LogP contribution in [-0.4, -0.2) is 105 Å². The van der Waals surface area contributed by atoms with Crippen LogP contribution >= 0.6 is 7.29 Å². The van der Waals surface area contributed by atoms with E-state index in [1.54, 1.807) is 46.5 Å². The molecule has 1 saturated heterocycles. The lowest BCUT2D eigenvalue weighted by atomic mass is 10.1. The number of amides is 4. The van der Waals surface area contributed by atoms with Gasteiger partial charge in [0, 0.05) is 86.9 Å². The molecule has 0 aliphatic carbocycles. The van der Waals surface area contributed by atoms with Gasteiger partial charge in [-0.3, -0.25) is 44.1 Å². The largest absolute Gasteiger partial charge is 0.493 e. The molecule has 330 valence electrons. The molecule has 5 aliphatic rings. The van der Waals surface area contributed by atoms with Crippen LogP contribution in [0.15, 0.2) is 82.8 Å². The highest BCUT2D eigenvalue weighted by atomic mass is 31.2. The summed E-state index contributed by atoms with van der Waals surface area (Å²) in [7, 11) is -0.410. The molecule has 1 fully saturated rings. The number of anilines is 2. The molecule has 0 radical (unpaired) electrons. The minimum absolute atomic E-state index is 0.0193. The number of ether oxygens (including phenoxy) is 4. The molecule has 64 heavy (non-hydrogen) atoms. The van der Waals surface area contributed by atoms with E-state index in [0.29, 0.717) is 63.4 Å². The van der Waals surface area contributed by atoms with Gasteiger partial charge >= 0.3 is 5.97 Å². The summed E-state index contributed by atoms with van der Waals surface area (Å²) in [5.41, 5.74) is 5.35. The summed E-state index contributed by atoms with van der Waals surface area (Å²) in [4.78, 5) is 82.0. The van der Waals surface area contributed by atoms with Gasteiger partial charge in [0.05, 0.1) is 62.0 Å². The Kier molecular flexibility index (Phi) is 11.8. The number of rotatable bonds is 16. The molecule has 9 rings (SSSR count). The van der Waals surface area contributed by atoms with Crippen molar-refractivity contribution in [3.63, 3.8) is 0 Å². The first-order chi connectivity index (χ1) is 31.0. The first-order valence-electron chi connectivity index (χ1n) is 21.0. The normalized spacial score (nSPS) is 18.1. The summed E-state index contributed by atoms with van der Waals surface area (Å²) in [5, 5.41) is 3.61. The number of carbonyl (C=O) groups excluding carboxylic acids is 5. The van der Waals surface area contributed by atoms with Gasteiger partial charge in [0.25, 0.3) is 23.6 Å². The van der Waals surface area contributed by atoms with Crippen LogP contribution in [0.4, 0.5) is 22.7 Å². The van der Waals surface area contributed by atoms with Crippen LogP contribution in [0.25, 0.3) is 0 Å². The zero-order valence-electron chi connectivity index (χ0n) is 35.2. The number of hydrogen-bond acceptors (Lipinski definition) is 13. The van der Waals surface area contributed by atoms with Gasteiger partial charge < -0.3 is 28.4 Å². The fourth-order valence-electron chi connectivity index (χ4n) is 8.57. The number of fused-ring (bicyclic) bond motifs is 8. The Morgan fingerprint density at radius 1 is 0.703 bits per heavy atom. The van der Waals surface area contributed by atoms with Crippen molar-refractivity contribution >= 4 is 72.1 Å². The maximum atomic E-state index is 14.7. The zero-order chi connectivity index (χ0) is 44.5. The third kappa shape index (κ3) is 8.24. The van der Waals surface area contributed by atoms with E-state index in [1.807, 2.05) is 48.5 Å². The molecule has 1 N–H and O–H groups in total. The molecule has 0 saturated carbocycles. The van der Waals surface area contributed by atoms with Crippen LogP contribution < -0.4 is 33.8 Å². The van der Waals surface area contributed by atoms with Crippen LogP contribution in [0.3, 0.4) is 0 Å². The number of hydrogen-bond donors (Lipinski definition) is 1. The van der Waals surface area contributed by atoms with Crippen molar-refractivity contribution in [3.05, 3.63) is 95.1 Å². The van der Waals surface area contributed by atoms with Crippen LogP contribution in [0, 0.1) is 0 Å². The molecular formula is C46H45N6O11P. The van der Waals surface area contributed by atoms with Gasteiger partial charge in [-0.05, 0) is 41.8 Å². The number of methoxy groups -OCH3 is 2. The van der Waals surface area contributed by atoms with E-state index >= 15 is 0 Å². The Hall–Kier alpha value is -6.84. The Morgan fingerprint density at radius 2 is 1.19 bits per heavy atom. The highest BCUT2D eigenvalue weighted by Crippen LogP contribution is 2.45. The fourth-order valence-corrected chi connectivity index (χ4v) is 10.5. The van der Waals surface area contributed by atoms with Gasteiger partial charge in [-0.2, -0.15) is 0 Å². The molecule has 4 aromatic carbocycles. The second-order valence-electron chi connectivity index (χ2n) is 15.8. The minimum Gasteiger partial charge on any atom is -0.493 e. The number of carbonyl (C=O) groups is 5. The van der Waals surface area contributed by atoms with Gasteiger partial charge in [0.1, 0.15) is 0 Å². The van der Waals surface area contributed by atoms with Crippen molar-refractivity contribution in [1.29, 1.82) is 0 Å². The van der Waals surface area contributed by atoms with E-state index in [1.165, 1.54) is 14.2 Å². The summed E-state index contributed by atoms with van der Waals surface area (Å²) in [6, 6.07) is 21.6. The molecule has 17 nitrogen and oxygen atoms in total. The first-order valence-corrected chi connectivity index (χ1v) is 23.1. The number of para-hydroxylation sites is 2. The lowest BCUT2D eigenvalue weighted by molar-refractivity contribution is -0.197. The Morgan fingerprint density at radius 3 is 1.67 bits per heavy atom. The van der Waals surface area contributed by atoms with Crippen molar-refractivity contribution in [2.75, 3.05) is 56.1 Å². The Labute approximate surface area is 368 Å². The molecule has 4 amide bonds. The molecule has 5 heterocycles. The Balaban J connectivity index is 0.889. The topological polar surface area (TPSA) is 195 Å². The van der Waals surface area contributed by atoms with E-state index in [2.05, 4.69) is 15.1 Å². The molecule has 18 heteroatoms. The molecule has 4 aromatic rings. The standard InChI is InChI=1S/C46H45N6O11P/c1-59-38-22-32-34(47-26-30-20-28-8-3-5-10-36(28)50(30)45(32)56)24-40(38)61-16-18-64(58,49-15-7-12-44(55)63-52-42(53)13-14-43(52)54)19-17-62-41-25-35-33(23-39(41)60-2)46(57)51-31(27-48-35)21-29-9-4-6-11-37(29)51/h3-6,8-11,22-27,30-31H,7,12-21H2,1-2H3,(H,49,58)/t30-,31-/m0/s1. The molecule has 2 atom stereocenters. The number of nitrogens with one attached hydrogen (secondary N) is 1. The van der Waals surface area contributed by atoms with Crippen molar-refractivity contribution in [3.8, 4) is 23.0 Å². The first kappa shape index (κ1) is 42.5. The Bertz CT molecular complexity index is 2520. The number of imide groups is 1. The van der Waals surface area contributed by atoms with Crippen LogP contribution in [0.5, 0.6) is 23.0 Å². The highest BCUT2D eigenvalue weighted by molar-refractivity contribution is 7.61. The van der Waals surface area contributed by atoms with E-state index in [0.717, 1.165) is 22.5 Å². The quantitative estimate of drug-likeness (QED) is 0.0786. The molecular weight excluding hydrogens is 844 g/mol. The van der Waals surface area contributed by atoms with Gasteiger partial charge in [0.2, 0.25) is 0 Å². The summed E-state index contributed by atoms with van der Waals surface area (Å²) in [5.74, 6) is -1.13. The maximum Gasteiger partial charge on any atom is 0.333 e. The smallest absolute Gasteiger partial charge is 0.333 e. The summed E-state index contributed by atoms with van der Waals surface area (Å²) >= 11 is 0. The fraction of sp³-hybridized carbons (Fsp3) is 0.326. The zero-order valence-corrected chi connectivity index (χ0v) is 36.1. The summed E-state index contributed by atoms with van der Waals surface area (Å²) < 4.78 is 38.4. The predicted molar refractivity (Wildman–Crippen MR) is 237 cm³/mol. The third-order valence-electron chi connectivity index (χ3n) is 11.8. The van der Waals surface area contributed by atoms with E-state index in [9.17, 15) is 28.5 Å². The number of hydroxylamine groups is 2. The number of nitrogens with zero attached hydrogens (tertiary/aromatic N) is 5. The van der Waals surface area contributed by atoms with Gasteiger partial charge in [-0.1, -0.05) is 36.4 Å². The molecule has 0 spiro atoms. The van der Waals surface area contributed by atoms with Crippen LogP contribution in [0.1, 0.15) is 57.5 Å². The van der Waals surface area contributed by atoms with E-state index < -0.39 is 25.1 Å². The monoisotopic (exact) mass is 888 g/mol. The summed E-state index contributed by atoms with van der Waals surface area (Å²) in [6.45, 7) is 0.0360. The van der Waals surface area contributed by atoms with Gasteiger partial charge in [-0.15, -0.1) is 5.06 Å². The second kappa shape index (κ2) is 17.7. The molecule has 0 unspecified atom stereocenters. The van der Waals surface area contributed by atoms with Crippen LogP contribution in [0.2, 0.25) is 0 Å². The van der Waals surface area contributed by atoms with Crippen molar-refractivity contribution < 1.29 is 52.3 Å². The lowest BCUT2D eigenvalue weighted by Crippen LogP contribution is -2.37. The highest BCUT2D eigenvalue weighted by Gasteiger charge is 2.38. The predicted octanol–water partition coefficient (Wildman–Crippen LogP) is 5.99. The van der Waals surface area contributed by atoms with Crippen molar-refractivity contribution in [2.24, 2.45) is 9.98 Å². The second-order valence-corrected chi connectivity index (χ2v) is 18.8. The summed E-state index contributed by atoms with van der Waals surface area (Å²) in [6.07, 6.45) is 4.85. The molecule has 0 aromatic heterocycles. The number of aliphatic imine (C=N–C) groups is 2. The van der Waals surface area contributed by atoms with Crippen molar-refractivity contribution in [1.82, 2.24) is 10.2 Å². The van der Waals surface area contributed by atoms with E-state index in [4.69, 9.17) is 23.8 Å². The average Bonchev–Trinajstić information content (AvgIpc) is 3.91. The third-order valence-corrected chi connectivity index (χ3v) is 14.4. The SMILES string of the molecule is COc1cc2c(cc1OCCP(=O)(CCOc1cc3c(cc1OC)C(=O)N1c4ccccc4C[C@H]1C=N3)NCCCC(=O)ON1C(=O)CCC1=O)N=C[C@@H]1Cc3ccccc3N1C2=O. The average molecular weight is 889 g/mol. The van der Waals surface area contributed by atoms with Gasteiger partial charge in [-0.25, -0.2) is 4.79 Å². The van der Waals surface area contributed by atoms with Gasteiger partial charge in [0.15, 0.2) is 30.3 Å². The van der Waals surface area contributed by atoms with Crippen LogP contribution in [-0.2, 0) is 36.6 Å². The lowest BCUT2D eigenvalue weighted by Gasteiger charge is -2.23. The maximum absolute atomic E-state index is 14.7.